The van der Waals surface area contributed by atoms with E-state index in [9.17, 15) is 0 Å². The quantitative estimate of drug-likeness (QED) is 0.285. The molecule has 0 aliphatic carbocycles. The van der Waals surface area contributed by atoms with Crippen LogP contribution in [0, 0.1) is 6.92 Å². The summed E-state index contributed by atoms with van der Waals surface area (Å²) in [6.45, 7) is 6.52. The van der Waals surface area contributed by atoms with Gasteiger partial charge in [-0.15, -0.1) is 5.10 Å². The lowest BCUT2D eigenvalue weighted by Gasteiger charge is -2.26. The highest BCUT2D eigenvalue weighted by molar-refractivity contribution is 5.63. The minimum Gasteiger partial charge on any atom is -0.492 e. The van der Waals surface area contributed by atoms with Crippen LogP contribution in [-0.4, -0.2) is 63.9 Å². The predicted molar refractivity (Wildman–Crippen MR) is 151 cm³/mol. The van der Waals surface area contributed by atoms with Crippen molar-refractivity contribution in [3.8, 4) is 28.4 Å². The minimum absolute atomic E-state index is 0.592. The number of nitrogens with zero attached hydrogens (tertiary/aromatic N) is 9. The SMILES string of the molecule is Cc1nc(-c2ccc(CNc3cc(-c4cnc5cc(OCCN6CCn7nncc7C6)ccn45)ncn3)cc2)co1. The molecule has 0 saturated carbocycles. The van der Waals surface area contributed by atoms with Crippen LogP contribution in [0.1, 0.15) is 17.1 Å². The van der Waals surface area contributed by atoms with Gasteiger partial charge in [0.25, 0.3) is 0 Å². The van der Waals surface area contributed by atoms with E-state index >= 15 is 0 Å². The monoisotopic (exact) mass is 548 g/mol. The molecule has 1 N–H and O–H groups in total. The highest BCUT2D eigenvalue weighted by Gasteiger charge is 2.17. The summed E-state index contributed by atoms with van der Waals surface area (Å²) in [6.07, 6.45) is 8.85. The van der Waals surface area contributed by atoms with Gasteiger partial charge in [0.15, 0.2) is 5.89 Å². The summed E-state index contributed by atoms with van der Waals surface area (Å²) in [7, 11) is 0. The van der Waals surface area contributed by atoms with Gasteiger partial charge in [-0.3, -0.25) is 9.30 Å². The molecule has 1 aliphatic rings. The van der Waals surface area contributed by atoms with Gasteiger partial charge in [0.2, 0.25) is 0 Å². The van der Waals surface area contributed by atoms with E-state index in [1.54, 1.807) is 12.6 Å². The first-order chi connectivity index (χ1) is 20.2. The number of hydrogen-bond acceptors (Lipinski definition) is 10. The molecule has 0 bridgehead atoms. The van der Waals surface area contributed by atoms with Crippen molar-refractivity contribution in [3.63, 3.8) is 0 Å². The number of nitrogens with one attached hydrogen (secondary N) is 1. The smallest absolute Gasteiger partial charge is 0.191 e. The van der Waals surface area contributed by atoms with E-state index in [0.29, 0.717) is 19.0 Å². The van der Waals surface area contributed by atoms with Crippen LogP contribution in [0.3, 0.4) is 0 Å². The molecule has 0 amide bonds. The molecule has 1 aromatic carbocycles. The fourth-order valence-electron chi connectivity index (χ4n) is 4.93. The molecule has 12 heteroatoms. The fraction of sp³-hybridized carbons (Fsp3) is 0.241. The standard InChI is InChI=1S/C29H28N10O2/c1-20-35-26(18-41-20)22-4-2-21(3-5-22)14-30-28-13-25(32-19-33-28)27-16-31-29-12-24(6-7-38(27)29)40-11-10-37-8-9-39-23(17-37)15-34-36-39/h2-7,12-13,15-16,18-19H,8-11,14,17H2,1H3,(H,30,32,33). The van der Waals surface area contributed by atoms with Crippen LogP contribution >= 0.6 is 0 Å². The van der Waals surface area contributed by atoms with Crippen LogP contribution < -0.4 is 10.1 Å². The number of benzene rings is 1. The van der Waals surface area contributed by atoms with E-state index in [0.717, 1.165) is 77.3 Å². The maximum Gasteiger partial charge on any atom is 0.191 e. The largest absolute Gasteiger partial charge is 0.492 e. The average Bonchev–Trinajstić information content (AvgIpc) is 3.76. The van der Waals surface area contributed by atoms with E-state index in [-0.39, 0.29) is 0 Å². The van der Waals surface area contributed by atoms with Crippen molar-refractivity contribution in [2.45, 2.75) is 26.6 Å². The summed E-state index contributed by atoms with van der Waals surface area (Å²) in [4.78, 5) is 20.2. The van der Waals surface area contributed by atoms with Gasteiger partial charge < -0.3 is 14.5 Å². The molecule has 0 spiro atoms. The van der Waals surface area contributed by atoms with Crippen LogP contribution in [-0.2, 0) is 19.6 Å². The molecule has 1 aliphatic heterocycles. The Hall–Kier alpha value is -5.10. The van der Waals surface area contributed by atoms with Crippen LogP contribution in [0.25, 0.3) is 28.3 Å². The molecular formula is C29H28N10O2. The van der Waals surface area contributed by atoms with Crippen LogP contribution in [0.15, 0.2) is 78.1 Å². The Morgan fingerprint density at radius 2 is 1.93 bits per heavy atom. The zero-order valence-corrected chi connectivity index (χ0v) is 22.5. The Labute approximate surface area is 235 Å². The second-order valence-electron chi connectivity index (χ2n) is 9.90. The van der Waals surface area contributed by atoms with Gasteiger partial charge >= 0.3 is 0 Å². The highest BCUT2D eigenvalue weighted by atomic mass is 16.5. The van der Waals surface area contributed by atoms with Crippen LogP contribution in [0.5, 0.6) is 5.75 Å². The van der Waals surface area contributed by atoms with Gasteiger partial charge in [-0.2, -0.15) is 0 Å². The normalized spacial score (nSPS) is 13.4. The van der Waals surface area contributed by atoms with Gasteiger partial charge in [0, 0.05) is 57.0 Å². The van der Waals surface area contributed by atoms with Crippen molar-refractivity contribution in [2.75, 3.05) is 25.0 Å². The van der Waals surface area contributed by atoms with E-state index in [4.69, 9.17) is 9.15 Å². The van der Waals surface area contributed by atoms with Crippen molar-refractivity contribution in [2.24, 2.45) is 0 Å². The molecule has 0 saturated heterocycles. The highest BCUT2D eigenvalue weighted by Crippen LogP contribution is 2.24. The van der Waals surface area contributed by atoms with Crippen molar-refractivity contribution in [1.82, 2.24) is 44.2 Å². The Morgan fingerprint density at radius 3 is 2.80 bits per heavy atom. The Balaban J connectivity index is 0.973. The third-order valence-corrected chi connectivity index (χ3v) is 7.14. The van der Waals surface area contributed by atoms with E-state index in [1.807, 2.05) is 64.9 Å². The van der Waals surface area contributed by atoms with E-state index < -0.39 is 0 Å². The molecule has 206 valence electrons. The molecule has 12 nitrogen and oxygen atoms in total. The second-order valence-corrected chi connectivity index (χ2v) is 9.90. The lowest BCUT2D eigenvalue weighted by atomic mass is 10.1. The van der Waals surface area contributed by atoms with Crippen molar-refractivity contribution in [3.05, 3.63) is 90.8 Å². The number of ether oxygens (including phenoxy) is 1. The molecule has 0 radical (unpaired) electrons. The third kappa shape index (κ3) is 5.37. The lowest BCUT2D eigenvalue weighted by Crippen LogP contribution is -2.36. The van der Waals surface area contributed by atoms with Gasteiger partial charge in [0.05, 0.1) is 36.0 Å². The maximum absolute atomic E-state index is 6.05. The number of imidazole rings is 1. The molecule has 6 aromatic rings. The first kappa shape index (κ1) is 24.9. The first-order valence-electron chi connectivity index (χ1n) is 13.5. The molecular weight excluding hydrogens is 520 g/mol. The fourth-order valence-corrected chi connectivity index (χ4v) is 4.93. The molecule has 7 rings (SSSR count). The van der Waals surface area contributed by atoms with E-state index in [2.05, 4.69) is 52.6 Å². The summed E-state index contributed by atoms with van der Waals surface area (Å²) >= 11 is 0. The maximum atomic E-state index is 6.05. The summed E-state index contributed by atoms with van der Waals surface area (Å²) < 4.78 is 15.3. The number of hydrogen-bond donors (Lipinski definition) is 1. The van der Waals surface area contributed by atoms with Crippen molar-refractivity contribution >= 4 is 11.5 Å². The van der Waals surface area contributed by atoms with Crippen LogP contribution in [0.2, 0.25) is 0 Å². The molecule has 0 unspecified atom stereocenters. The Bertz CT molecular complexity index is 1790. The van der Waals surface area contributed by atoms with E-state index in [1.165, 1.54) is 0 Å². The molecule has 41 heavy (non-hydrogen) atoms. The molecule has 0 fully saturated rings. The number of anilines is 1. The summed E-state index contributed by atoms with van der Waals surface area (Å²) in [5, 5.41) is 11.5. The number of rotatable bonds is 9. The van der Waals surface area contributed by atoms with Gasteiger partial charge in [-0.1, -0.05) is 29.5 Å². The molecule has 6 heterocycles. The predicted octanol–water partition coefficient (Wildman–Crippen LogP) is 3.85. The zero-order chi connectivity index (χ0) is 27.6. The summed E-state index contributed by atoms with van der Waals surface area (Å²) in [5.41, 5.74) is 6.56. The zero-order valence-electron chi connectivity index (χ0n) is 22.5. The Kier molecular flexibility index (Phi) is 6.57. The number of aromatic nitrogens is 8. The summed E-state index contributed by atoms with van der Waals surface area (Å²) in [5.74, 6) is 2.17. The number of aryl methyl sites for hydroxylation is 1. The third-order valence-electron chi connectivity index (χ3n) is 7.14. The summed E-state index contributed by atoms with van der Waals surface area (Å²) in [6, 6.07) is 14.0. The average molecular weight is 549 g/mol. The number of pyridine rings is 1. The lowest BCUT2D eigenvalue weighted by molar-refractivity contribution is 0.172. The van der Waals surface area contributed by atoms with Gasteiger partial charge in [-0.25, -0.2) is 24.6 Å². The number of oxazole rings is 1. The minimum atomic E-state index is 0.592. The Morgan fingerprint density at radius 1 is 1.00 bits per heavy atom. The van der Waals surface area contributed by atoms with Gasteiger partial charge in [0.1, 0.15) is 42.1 Å². The second kappa shape index (κ2) is 10.8. The number of fused-ring (bicyclic) bond motifs is 2. The topological polar surface area (TPSA) is 124 Å². The van der Waals surface area contributed by atoms with Gasteiger partial charge in [-0.05, 0) is 11.6 Å². The first-order valence-corrected chi connectivity index (χ1v) is 13.5. The van der Waals surface area contributed by atoms with Crippen LogP contribution in [0.4, 0.5) is 5.82 Å². The van der Waals surface area contributed by atoms with Crippen molar-refractivity contribution < 1.29 is 9.15 Å². The molecule has 0 atom stereocenters. The van der Waals surface area contributed by atoms with Crippen molar-refractivity contribution in [1.29, 1.82) is 0 Å². The molecule has 5 aromatic heterocycles.